The van der Waals surface area contributed by atoms with Gasteiger partial charge in [-0.3, -0.25) is 0 Å². The molecule has 0 bridgehead atoms. The predicted molar refractivity (Wildman–Crippen MR) is 56.6 cm³/mol. The van der Waals surface area contributed by atoms with Crippen molar-refractivity contribution in [3.05, 3.63) is 0 Å². The van der Waals surface area contributed by atoms with Crippen LogP contribution >= 0.6 is 0 Å². The smallest absolute Gasteiger partial charge is 0.156 e. The second kappa shape index (κ2) is 7.58. The van der Waals surface area contributed by atoms with Crippen LogP contribution < -0.4 is 11.1 Å². The van der Waals surface area contributed by atoms with Crippen LogP contribution in [-0.4, -0.2) is 36.3 Å². The van der Waals surface area contributed by atoms with Crippen LogP contribution in [0.2, 0.25) is 0 Å². The quantitative estimate of drug-likeness (QED) is 0.244. The lowest BCUT2D eigenvalue weighted by molar-refractivity contribution is 0.0752. The van der Waals surface area contributed by atoms with Gasteiger partial charge < -0.3 is 21.0 Å². The zero-order chi connectivity index (χ0) is 11.0. The minimum absolute atomic E-state index is 0.0806. The highest BCUT2D eigenvalue weighted by Crippen LogP contribution is 1.94. The fourth-order valence-corrected chi connectivity index (χ4v) is 1.18. The Morgan fingerprint density at radius 2 is 2.21 bits per heavy atom. The van der Waals surface area contributed by atoms with E-state index in [1.54, 1.807) is 0 Å². The summed E-state index contributed by atoms with van der Waals surface area (Å²) in [6, 6.07) is -0.0806. The first-order valence-corrected chi connectivity index (χ1v) is 4.98. The second-order valence-electron chi connectivity index (χ2n) is 3.16. The van der Waals surface area contributed by atoms with Gasteiger partial charge in [0.1, 0.15) is 0 Å². The third kappa shape index (κ3) is 5.04. The molecule has 0 radical (unpaired) electrons. The lowest BCUT2D eigenvalue weighted by Gasteiger charge is -2.18. The molecule has 0 aliphatic rings. The summed E-state index contributed by atoms with van der Waals surface area (Å²) in [5.74, 6) is 0.219. The van der Waals surface area contributed by atoms with E-state index in [2.05, 4.69) is 10.5 Å². The second-order valence-corrected chi connectivity index (χ2v) is 3.16. The number of ether oxygens (including phenoxy) is 1. The van der Waals surface area contributed by atoms with E-state index in [4.69, 9.17) is 15.7 Å². The monoisotopic (exact) mass is 203 g/mol. The molecule has 14 heavy (non-hydrogen) atoms. The summed E-state index contributed by atoms with van der Waals surface area (Å²) in [5, 5.41) is 14.6. The van der Waals surface area contributed by atoms with Crippen LogP contribution in [0.15, 0.2) is 5.16 Å². The number of nitrogens with one attached hydrogen (secondary N) is 1. The Kier molecular flexibility index (Phi) is 7.14. The summed E-state index contributed by atoms with van der Waals surface area (Å²) in [6.07, 6.45) is 0.926. The summed E-state index contributed by atoms with van der Waals surface area (Å²) in [6.45, 7) is 7.31. The van der Waals surface area contributed by atoms with Crippen molar-refractivity contribution in [2.24, 2.45) is 10.9 Å². The standard InChI is InChI=1S/C9H21N3O2/c1-4-8(9(10)12-13)11-6-7(3)14-5-2/h7-8,11,13H,4-6H2,1-3H3,(H2,10,12). The zero-order valence-electron chi connectivity index (χ0n) is 9.16. The number of hydrogen-bond acceptors (Lipinski definition) is 4. The highest BCUT2D eigenvalue weighted by molar-refractivity contribution is 5.85. The van der Waals surface area contributed by atoms with E-state index in [0.717, 1.165) is 6.42 Å². The van der Waals surface area contributed by atoms with Gasteiger partial charge in [0.15, 0.2) is 5.84 Å². The van der Waals surface area contributed by atoms with E-state index >= 15 is 0 Å². The van der Waals surface area contributed by atoms with Gasteiger partial charge in [-0.25, -0.2) is 0 Å². The number of rotatable bonds is 7. The number of oxime groups is 1. The van der Waals surface area contributed by atoms with Crippen molar-refractivity contribution in [3.8, 4) is 0 Å². The molecule has 0 aromatic heterocycles. The molecule has 0 amide bonds. The maximum absolute atomic E-state index is 8.50. The Labute approximate surface area is 85.3 Å². The number of amidine groups is 1. The molecule has 0 heterocycles. The largest absolute Gasteiger partial charge is 0.409 e. The molecule has 2 atom stereocenters. The van der Waals surface area contributed by atoms with E-state index in [9.17, 15) is 0 Å². The summed E-state index contributed by atoms with van der Waals surface area (Å²) in [5.41, 5.74) is 5.48. The Morgan fingerprint density at radius 1 is 1.57 bits per heavy atom. The highest BCUT2D eigenvalue weighted by Gasteiger charge is 2.12. The molecule has 0 spiro atoms. The molecule has 0 aliphatic heterocycles. The summed E-state index contributed by atoms with van der Waals surface area (Å²) in [7, 11) is 0. The molecule has 0 aromatic carbocycles. The van der Waals surface area contributed by atoms with Gasteiger partial charge >= 0.3 is 0 Å². The molecule has 0 saturated carbocycles. The van der Waals surface area contributed by atoms with Crippen LogP contribution in [0.25, 0.3) is 0 Å². The van der Waals surface area contributed by atoms with Crippen molar-refractivity contribution in [1.29, 1.82) is 0 Å². The third-order valence-electron chi connectivity index (χ3n) is 1.98. The van der Waals surface area contributed by atoms with E-state index in [-0.39, 0.29) is 18.0 Å². The van der Waals surface area contributed by atoms with Crippen LogP contribution in [-0.2, 0) is 4.74 Å². The molecule has 4 N–H and O–H groups in total. The molecule has 5 heteroatoms. The average molecular weight is 203 g/mol. The maximum Gasteiger partial charge on any atom is 0.156 e. The van der Waals surface area contributed by atoms with Gasteiger partial charge in [-0.15, -0.1) is 0 Å². The van der Waals surface area contributed by atoms with Crippen molar-refractivity contribution < 1.29 is 9.94 Å². The lowest BCUT2D eigenvalue weighted by Crippen LogP contribution is -2.44. The van der Waals surface area contributed by atoms with Crippen LogP contribution in [0, 0.1) is 0 Å². The van der Waals surface area contributed by atoms with E-state index in [1.807, 2.05) is 20.8 Å². The van der Waals surface area contributed by atoms with E-state index in [1.165, 1.54) is 0 Å². The van der Waals surface area contributed by atoms with Crippen LogP contribution in [0.3, 0.4) is 0 Å². The summed E-state index contributed by atoms with van der Waals surface area (Å²) < 4.78 is 5.34. The number of nitrogens with two attached hydrogens (primary N) is 1. The molecule has 2 unspecified atom stereocenters. The number of nitrogens with zero attached hydrogens (tertiary/aromatic N) is 1. The Morgan fingerprint density at radius 3 is 2.64 bits per heavy atom. The highest BCUT2D eigenvalue weighted by atomic mass is 16.5. The average Bonchev–Trinajstić information content (AvgIpc) is 2.18. The molecule has 0 saturated heterocycles. The fraction of sp³-hybridized carbons (Fsp3) is 0.889. The van der Waals surface area contributed by atoms with Crippen molar-refractivity contribution in [2.45, 2.75) is 39.3 Å². The molecule has 0 aromatic rings. The van der Waals surface area contributed by atoms with Crippen molar-refractivity contribution >= 4 is 5.84 Å². The van der Waals surface area contributed by atoms with Gasteiger partial charge in [0.2, 0.25) is 0 Å². The van der Waals surface area contributed by atoms with Crippen molar-refractivity contribution in [2.75, 3.05) is 13.2 Å². The van der Waals surface area contributed by atoms with Crippen LogP contribution in [0.4, 0.5) is 0 Å². The minimum Gasteiger partial charge on any atom is -0.409 e. The lowest BCUT2D eigenvalue weighted by atomic mass is 10.2. The van der Waals surface area contributed by atoms with Crippen LogP contribution in [0.1, 0.15) is 27.2 Å². The molecule has 5 nitrogen and oxygen atoms in total. The van der Waals surface area contributed by atoms with Crippen molar-refractivity contribution in [3.63, 3.8) is 0 Å². The van der Waals surface area contributed by atoms with Crippen LogP contribution in [0.5, 0.6) is 0 Å². The van der Waals surface area contributed by atoms with E-state index < -0.39 is 0 Å². The Bertz CT molecular complexity index is 173. The van der Waals surface area contributed by atoms with Gasteiger partial charge in [-0.1, -0.05) is 12.1 Å². The van der Waals surface area contributed by atoms with E-state index in [0.29, 0.717) is 13.2 Å². The summed E-state index contributed by atoms with van der Waals surface area (Å²) >= 11 is 0. The normalized spacial score (nSPS) is 16.6. The predicted octanol–water partition coefficient (Wildman–Crippen LogP) is 0.526. The molecule has 0 aliphatic carbocycles. The molecular formula is C9H21N3O2. The summed E-state index contributed by atoms with van der Waals surface area (Å²) in [4.78, 5) is 0. The van der Waals surface area contributed by atoms with Gasteiger partial charge in [-0.05, 0) is 20.3 Å². The Balaban J connectivity index is 3.84. The molecule has 0 fully saturated rings. The van der Waals surface area contributed by atoms with Gasteiger partial charge in [-0.2, -0.15) is 0 Å². The Hall–Kier alpha value is -0.810. The zero-order valence-corrected chi connectivity index (χ0v) is 9.16. The molecular weight excluding hydrogens is 182 g/mol. The van der Waals surface area contributed by atoms with Gasteiger partial charge in [0.25, 0.3) is 0 Å². The van der Waals surface area contributed by atoms with Crippen molar-refractivity contribution in [1.82, 2.24) is 5.32 Å². The topological polar surface area (TPSA) is 79.9 Å². The van der Waals surface area contributed by atoms with Gasteiger partial charge in [0, 0.05) is 13.2 Å². The van der Waals surface area contributed by atoms with Gasteiger partial charge in [0.05, 0.1) is 12.1 Å². The first-order chi connectivity index (χ1) is 6.65. The fourth-order valence-electron chi connectivity index (χ4n) is 1.18. The molecule has 84 valence electrons. The maximum atomic E-state index is 8.50. The SMILES string of the molecule is CCOC(C)CNC(CC)C(N)=NO. The number of hydrogen-bond donors (Lipinski definition) is 3. The third-order valence-corrected chi connectivity index (χ3v) is 1.98. The first-order valence-electron chi connectivity index (χ1n) is 4.98. The first kappa shape index (κ1) is 13.2. The minimum atomic E-state index is -0.0806. The molecule has 0 rings (SSSR count).